The first-order valence-corrected chi connectivity index (χ1v) is 5.69. The second kappa shape index (κ2) is 17.6. The van der Waals surface area contributed by atoms with E-state index in [1.165, 1.54) is 0 Å². The van der Waals surface area contributed by atoms with Crippen LogP contribution < -0.4 is 0 Å². The molecule has 0 spiro atoms. The molecule has 0 saturated heterocycles. The lowest BCUT2D eigenvalue weighted by atomic mass is 10.3. The first kappa shape index (κ1) is 18.5. The molecule has 0 fully saturated rings. The Balaban J connectivity index is 0. The van der Waals surface area contributed by atoms with Crippen molar-refractivity contribution in [3.8, 4) is 0 Å². The van der Waals surface area contributed by atoms with Gasteiger partial charge in [0, 0.05) is 32.5 Å². The molecule has 0 aromatic rings. The summed E-state index contributed by atoms with van der Waals surface area (Å²) in [5.41, 5.74) is 0. The van der Waals surface area contributed by atoms with Gasteiger partial charge in [0.15, 0.2) is 0 Å². The molecule has 6 heteroatoms. The zero-order valence-corrected chi connectivity index (χ0v) is 10.1. The molecule has 0 unspecified atom stereocenters. The van der Waals surface area contributed by atoms with Gasteiger partial charge in [0.25, 0.3) is 0 Å². The lowest BCUT2D eigenvalue weighted by molar-refractivity contribution is -0.108. The Hall–Kier alpha value is -0.820. The largest absolute Gasteiger partial charge is 0.395 e. The van der Waals surface area contributed by atoms with Crippen molar-refractivity contribution in [2.75, 3.05) is 39.5 Å². The summed E-state index contributed by atoms with van der Waals surface area (Å²) in [6.07, 6.45) is 3.37. The fourth-order valence-electron chi connectivity index (χ4n) is 1.04. The first-order valence-electron chi connectivity index (χ1n) is 5.69. The van der Waals surface area contributed by atoms with Crippen molar-refractivity contribution < 1.29 is 24.9 Å². The Labute approximate surface area is 102 Å². The van der Waals surface area contributed by atoms with Gasteiger partial charge in [0.05, 0.1) is 19.8 Å². The minimum absolute atomic E-state index is 0.0694. The van der Waals surface area contributed by atoms with E-state index in [-0.39, 0.29) is 19.8 Å². The fourth-order valence-corrected chi connectivity index (χ4v) is 1.04. The van der Waals surface area contributed by atoms with Crippen LogP contribution in [0.25, 0.3) is 0 Å². The Morgan fingerprint density at radius 1 is 0.765 bits per heavy atom. The third kappa shape index (κ3) is 17.8. The van der Waals surface area contributed by atoms with E-state index >= 15 is 0 Å². The maximum atomic E-state index is 9.56. The Kier molecular flexibility index (Phi) is 19.2. The molecule has 0 aliphatic heterocycles. The number of nitrogens with zero attached hydrogens (tertiary/aromatic N) is 1. The van der Waals surface area contributed by atoms with E-state index in [9.17, 15) is 9.59 Å². The van der Waals surface area contributed by atoms with Gasteiger partial charge in [-0.15, -0.1) is 0 Å². The summed E-state index contributed by atoms with van der Waals surface area (Å²) in [5, 5.41) is 25.5. The quantitative estimate of drug-likeness (QED) is 0.333. The van der Waals surface area contributed by atoms with Crippen LogP contribution in [0.2, 0.25) is 0 Å². The number of aliphatic hydroxyl groups is 3. The van der Waals surface area contributed by atoms with Gasteiger partial charge < -0.3 is 24.9 Å². The number of aliphatic hydroxyl groups excluding tert-OH is 3. The van der Waals surface area contributed by atoms with Crippen molar-refractivity contribution in [1.82, 2.24) is 4.90 Å². The molecule has 0 aromatic heterocycles. The molecule has 0 radical (unpaired) electrons. The number of aldehydes is 2. The third-order valence-electron chi connectivity index (χ3n) is 1.89. The van der Waals surface area contributed by atoms with E-state index in [1.54, 1.807) is 4.90 Å². The molecular formula is C11H23NO5. The molecule has 0 aromatic carbocycles. The zero-order chi connectivity index (χ0) is 13.4. The standard InChI is InChI=1S/C6H15NO3.C5H8O2/c8-4-1-7(2-5-9)3-6-10;6-4-2-1-3-5-7/h8-10H,1-6H2;4-5H,1-3H2. The summed E-state index contributed by atoms with van der Waals surface area (Å²) >= 11 is 0. The van der Waals surface area contributed by atoms with Crippen LogP contribution in [0.5, 0.6) is 0 Å². The van der Waals surface area contributed by atoms with Gasteiger partial charge in [-0.2, -0.15) is 0 Å². The molecule has 0 rings (SSSR count). The Morgan fingerprint density at radius 3 is 1.35 bits per heavy atom. The maximum absolute atomic E-state index is 9.56. The monoisotopic (exact) mass is 249 g/mol. The molecule has 0 aliphatic rings. The van der Waals surface area contributed by atoms with Crippen LogP contribution in [0.1, 0.15) is 19.3 Å². The Morgan fingerprint density at radius 2 is 1.12 bits per heavy atom. The van der Waals surface area contributed by atoms with Crippen LogP contribution in [0.4, 0.5) is 0 Å². The number of rotatable bonds is 10. The molecule has 17 heavy (non-hydrogen) atoms. The predicted molar refractivity (Wildman–Crippen MR) is 63.7 cm³/mol. The average molecular weight is 249 g/mol. The topological polar surface area (TPSA) is 98.1 Å². The van der Waals surface area contributed by atoms with Crippen LogP contribution in [-0.2, 0) is 9.59 Å². The van der Waals surface area contributed by atoms with Crippen LogP contribution >= 0.6 is 0 Å². The predicted octanol–water partition coefficient (Wildman–Crippen LogP) is -1.18. The minimum atomic E-state index is 0.0694. The summed E-state index contributed by atoms with van der Waals surface area (Å²) < 4.78 is 0. The molecule has 0 aliphatic carbocycles. The second-order valence-corrected chi connectivity index (χ2v) is 3.28. The first-order chi connectivity index (χ1) is 8.26. The normalized spacial score (nSPS) is 9.65. The fraction of sp³-hybridized carbons (Fsp3) is 0.818. The van der Waals surface area contributed by atoms with Crippen LogP contribution in [0.3, 0.4) is 0 Å². The van der Waals surface area contributed by atoms with Crippen molar-refractivity contribution in [3.05, 3.63) is 0 Å². The van der Waals surface area contributed by atoms with Crippen molar-refractivity contribution in [3.63, 3.8) is 0 Å². The molecule has 3 N–H and O–H groups in total. The molecule has 0 amide bonds. The van der Waals surface area contributed by atoms with Gasteiger partial charge in [0.1, 0.15) is 12.6 Å². The van der Waals surface area contributed by atoms with Crippen molar-refractivity contribution in [2.45, 2.75) is 19.3 Å². The number of unbranched alkanes of at least 4 members (excludes halogenated alkanes) is 2. The summed E-state index contributed by atoms with van der Waals surface area (Å²) in [7, 11) is 0. The number of carbonyl (C=O) groups is 2. The summed E-state index contributed by atoms with van der Waals surface area (Å²) in [5.74, 6) is 0. The lowest BCUT2D eigenvalue weighted by Gasteiger charge is -2.17. The van der Waals surface area contributed by atoms with E-state index in [0.717, 1.165) is 12.6 Å². The van der Waals surface area contributed by atoms with E-state index in [2.05, 4.69) is 0 Å². The Bertz CT molecular complexity index is 144. The molecule has 6 nitrogen and oxygen atoms in total. The third-order valence-corrected chi connectivity index (χ3v) is 1.89. The van der Waals surface area contributed by atoms with Crippen molar-refractivity contribution >= 4 is 12.6 Å². The molecule has 0 heterocycles. The van der Waals surface area contributed by atoms with Gasteiger partial charge in [0.2, 0.25) is 0 Å². The van der Waals surface area contributed by atoms with Gasteiger partial charge in [-0.3, -0.25) is 4.90 Å². The molecule has 0 atom stereocenters. The van der Waals surface area contributed by atoms with E-state index in [4.69, 9.17) is 15.3 Å². The van der Waals surface area contributed by atoms with Crippen molar-refractivity contribution in [2.24, 2.45) is 0 Å². The van der Waals surface area contributed by atoms with Gasteiger partial charge >= 0.3 is 0 Å². The number of hydrogen-bond donors (Lipinski definition) is 3. The maximum Gasteiger partial charge on any atom is 0.120 e. The zero-order valence-electron chi connectivity index (χ0n) is 10.1. The summed E-state index contributed by atoms with van der Waals surface area (Å²) in [4.78, 5) is 20.9. The molecule has 0 bridgehead atoms. The molecule has 0 saturated carbocycles. The molecule has 102 valence electrons. The van der Waals surface area contributed by atoms with Gasteiger partial charge in [-0.05, 0) is 6.42 Å². The highest BCUT2D eigenvalue weighted by molar-refractivity contribution is 5.52. The lowest BCUT2D eigenvalue weighted by Crippen LogP contribution is -2.32. The highest BCUT2D eigenvalue weighted by atomic mass is 16.3. The van der Waals surface area contributed by atoms with E-state index < -0.39 is 0 Å². The number of hydrogen-bond acceptors (Lipinski definition) is 6. The average Bonchev–Trinajstić information content (AvgIpc) is 2.32. The molecular weight excluding hydrogens is 226 g/mol. The summed E-state index contributed by atoms with van der Waals surface area (Å²) in [6, 6.07) is 0. The SMILES string of the molecule is O=CCCCC=O.OCCN(CCO)CCO. The minimum Gasteiger partial charge on any atom is -0.395 e. The van der Waals surface area contributed by atoms with Crippen LogP contribution in [-0.4, -0.2) is 72.2 Å². The van der Waals surface area contributed by atoms with Crippen LogP contribution in [0, 0.1) is 0 Å². The van der Waals surface area contributed by atoms with Crippen LogP contribution in [0.15, 0.2) is 0 Å². The van der Waals surface area contributed by atoms with Gasteiger partial charge in [-0.25, -0.2) is 0 Å². The highest BCUT2D eigenvalue weighted by Gasteiger charge is 2.00. The van der Waals surface area contributed by atoms with Gasteiger partial charge in [-0.1, -0.05) is 0 Å². The van der Waals surface area contributed by atoms with E-state index in [1.807, 2.05) is 0 Å². The summed E-state index contributed by atoms with van der Waals surface area (Å²) in [6.45, 7) is 1.75. The second-order valence-electron chi connectivity index (χ2n) is 3.28. The van der Waals surface area contributed by atoms with Crippen molar-refractivity contribution in [1.29, 1.82) is 0 Å². The smallest absolute Gasteiger partial charge is 0.120 e. The highest BCUT2D eigenvalue weighted by Crippen LogP contribution is 1.85. The number of carbonyl (C=O) groups excluding carboxylic acids is 2. The van der Waals surface area contributed by atoms with E-state index in [0.29, 0.717) is 38.9 Å².